The van der Waals surface area contributed by atoms with Gasteiger partial charge in [0, 0.05) is 5.56 Å². The minimum Gasteiger partial charge on any atom is -0.481 e. The highest BCUT2D eigenvalue weighted by Gasteiger charge is 2.06. The van der Waals surface area contributed by atoms with E-state index in [1.807, 2.05) is 0 Å². The van der Waals surface area contributed by atoms with E-state index in [-0.39, 0.29) is 18.8 Å². The fourth-order valence-electron chi connectivity index (χ4n) is 1.37. The number of carbonyl (C=O) groups is 1. The van der Waals surface area contributed by atoms with Crippen molar-refractivity contribution in [3.05, 3.63) is 36.4 Å². The summed E-state index contributed by atoms with van der Waals surface area (Å²) in [5.41, 5.74) is 0.569. The molecule has 0 saturated heterocycles. The lowest BCUT2D eigenvalue weighted by molar-refractivity contribution is -0.137. The summed E-state index contributed by atoms with van der Waals surface area (Å²) >= 11 is 0. The monoisotopic (exact) mass is 235 g/mol. The van der Waals surface area contributed by atoms with Gasteiger partial charge in [-0.1, -0.05) is 12.1 Å². The molecule has 0 unspecified atom stereocenters. The predicted molar refractivity (Wildman–Crippen MR) is 57.7 cm³/mol. The van der Waals surface area contributed by atoms with Crippen molar-refractivity contribution in [2.24, 2.45) is 0 Å². The van der Waals surface area contributed by atoms with E-state index in [4.69, 9.17) is 5.11 Å². The molecule has 1 aromatic carbocycles. The molecule has 0 aliphatic heterocycles. The summed E-state index contributed by atoms with van der Waals surface area (Å²) in [6.45, 7) is 0.248. The maximum atomic E-state index is 13.0. The molecular formula is C11H10FN3O2. The molecule has 0 bridgehead atoms. The van der Waals surface area contributed by atoms with E-state index in [1.165, 1.54) is 23.1 Å². The molecule has 1 aromatic heterocycles. The molecule has 17 heavy (non-hydrogen) atoms. The molecule has 1 N–H and O–H groups in total. The second kappa shape index (κ2) is 4.73. The van der Waals surface area contributed by atoms with Gasteiger partial charge in [-0.25, -0.2) is 9.37 Å². The highest BCUT2D eigenvalue weighted by Crippen LogP contribution is 2.15. The highest BCUT2D eigenvalue weighted by molar-refractivity contribution is 5.66. The molecule has 0 amide bonds. The van der Waals surface area contributed by atoms with Gasteiger partial charge in [0.25, 0.3) is 0 Å². The van der Waals surface area contributed by atoms with Gasteiger partial charge in [0.05, 0.1) is 13.0 Å². The molecule has 0 aliphatic carbocycles. The van der Waals surface area contributed by atoms with Gasteiger partial charge in [0.15, 0.2) is 5.82 Å². The zero-order chi connectivity index (χ0) is 12.3. The first-order valence-corrected chi connectivity index (χ1v) is 5.02. The SMILES string of the molecule is O=C(O)CCn1cnc(-c2cccc(F)c2)n1. The number of hydrogen-bond donors (Lipinski definition) is 1. The van der Waals surface area contributed by atoms with Crippen LogP contribution in [0.25, 0.3) is 11.4 Å². The number of aromatic nitrogens is 3. The Morgan fingerprint density at radius 1 is 1.47 bits per heavy atom. The summed E-state index contributed by atoms with van der Waals surface area (Å²) < 4.78 is 14.4. The zero-order valence-electron chi connectivity index (χ0n) is 8.88. The highest BCUT2D eigenvalue weighted by atomic mass is 19.1. The van der Waals surface area contributed by atoms with Crippen molar-refractivity contribution in [1.29, 1.82) is 0 Å². The van der Waals surface area contributed by atoms with E-state index >= 15 is 0 Å². The van der Waals surface area contributed by atoms with Crippen LogP contribution in [0.1, 0.15) is 6.42 Å². The Kier molecular flexibility index (Phi) is 3.13. The second-order valence-electron chi connectivity index (χ2n) is 3.49. The van der Waals surface area contributed by atoms with Gasteiger partial charge in [0.2, 0.25) is 0 Å². The number of aliphatic carboxylic acids is 1. The third-order valence-electron chi connectivity index (χ3n) is 2.17. The van der Waals surface area contributed by atoms with Crippen molar-refractivity contribution >= 4 is 5.97 Å². The maximum absolute atomic E-state index is 13.0. The van der Waals surface area contributed by atoms with Crippen molar-refractivity contribution in [1.82, 2.24) is 14.8 Å². The topological polar surface area (TPSA) is 68.0 Å². The molecule has 0 saturated carbocycles. The van der Waals surface area contributed by atoms with Crippen molar-refractivity contribution < 1.29 is 14.3 Å². The van der Waals surface area contributed by atoms with E-state index in [0.717, 1.165) is 0 Å². The fourth-order valence-corrected chi connectivity index (χ4v) is 1.37. The summed E-state index contributed by atoms with van der Waals surface area (Å²) in [7, 11) is 0. The lowest BCUT2D eigenvalue weighted by Crippen LogP contribution is -2.04. The zero-order valence-corrected chi connectivity index (χ0v) is 8.88. The van der Waals surface area contributed by atoms with E-state index in [9.17, 15) is 9.18 Å². The third-order valence-corrected chi connectivity index (χ3v) is 2.17. The van der Waals surface area contributed by atoms with Gasteiger partial charge >= 0.3 is 5.97 Å². The Morgan fingerprint density at radius 2 is 2.29 bits per heavy atom. The van der Waals surface area contributed by atoms with Crippen LogP contribution in [0.4, 0.5) is 4.39 Å². The smallest absolute Gasteiger partial charge is 0.305 e. The van der Waals surface area contributed by atoms with Crippen molar-refractivity contribution in [3.8, 4) is 11.4 Å². The number of rotatable bonds is 4. The van der Waals surface area contributed by atoms with Crippen LogP contribution in [0.3, 0.4) is 0 Å². The normalized spacial score (nSPS) is 10.4. The molecule has 0 aliphatic rings. The first kappa shape index (κ1) is 11.3. The Labute approximate surface area is 96.5 Å². The molecule has 2 aromatic rings. The van der Waals surface area contributed by atoms with Crippen molar-refractivity contribution in [2.75, 3.05) is 0 Å². The Morgan fingerprint density at radius 3 is 3.00 bits per heavy atom. The summed E-state index contributed by atoms with van der Waals surface area (Å²) in [4.78, 5) is 14.4. The summed E-state index contributed by atoms with van der Waals surface area (Å²) in [6, 6.07) is 5.93. The first-order valence-electron chi connectivity index (χ1n) is 5.02. The van der Waals surface area contributed by atoms with Gasteiger partial charge in [-0.05, 0) is 12.1 Å². The number of carboxylic acids is 1. The van der Waals surface area contributed by atoms with Crippen LogP contribution in [0.15, 0.2) is 30.6 Å². The molecule has 0 radical (unpaired) electrons. The van der Waals surface area contributed by atoms with E-state index in [0.29, 0.717) is 11.4 Å². The van der Waals surface area contributed by atoms with Crippen LogP contribution in [0, 0.1) is 5.82 Å². The number of nitrogens with zero attached hydrogens (tertiary/aromatic N) is 3. The average molecular weight is 235 g/mol. The molecule has 88 valence electrons. The van der Waals surface area contributed by atoms with Crippen molar-refractivity contribution in [3.63, 3.8) is 0 Å². The fraction of sp³-hybridized carbons (Fsp3) is 0.182. The van der Waals surface area contributed by atoms with Crippen LogP contribution in [-0.4, -0.2) is 25.8 Å². The van der Waals surface area contributed by atoms with Crippen LogP contribution >= 0.6 is 0 Å². The Bertz CT molecular complexity index is 539. The predicted octanol–water partition coefficient (Wildman–Crippen LogP) is 1.56. The number of halogens is 1. The van der Waals surface area contributed by atoms with Crippen LogP contribution < -0.4 is 0 Å². The number of aryl methyl sites for hydroxylation is 1. The lowest BCUT2D eigenvalue weighted by Gasteiger charge is -1.96. The maximum Gasteiger partial charge on any atom is 0.305 e. The first-order chi connectivity index (χ1) is 8.15. The van der Waals surface area contributed by atoms with Crippen LogP contribution in [0.2, 0.25) is 0 Å². The number of benzene rings is 1. The van der Waals surface area contributed by atoms with E-state index in [2.05, 4.69) is 10.1 Å². The van der Waals surface area contributed by atoms with E-state index in [1.54, 1.807) is 12.1 Å². The largest absolute Gasteiger partial charge is 0.481 e. The van der Waals surface area contributed by atoms with Gasteiger partial charge in [-0.2, -0.15) is 5.10 Å². The van der Waals surface area contributed by atoms with Crippen LogP contribution in [0.5, 0.6) is 0 Å². The molecule has 1 heterocycles. The molecule has 2 rings (SSSR count). The average Bonchev–Trinajstić information content (AvgIpc) is 2.75. The van der Waals surface area contributed by atoms with Gasteiger partial charge in [0.1, 0.15) is 12.1 Å². The second-order valence-corrected chi connectivity index (χ2v) is 3.49. The lowest BCUT2D eigenvalue weighted by atomic mass is 10.2. The van der Waals surface area contributed by atoms with Gasteiger partial charge in [-0.3, -0.25) is 9.48 Å². The number of hydrogen-bond acceptors (Lipinski definition) is 3. The summed E-state index contributed by atoms with van der Waals surface area (Å²) in [5, 5.41) is 12.6. The van der Waals surface area contributed by atoms with Gasteiger partial charge < -0.3 is 5.11 Å². The Balaban J connectivity index is 2.15. The van der Waals surface area contributed by atoms with Crippen molar-refractivity contribution in [2.45, 2.75) is 13.0 Å². The van der Waals surface area contributed by atoms with E-state index < -0.39 is 5.97 Å². The summed E-state index contributed by atoms with van der Waals surface area (Å²) in [5.74, 6) is -0.868. The molecule has 5 nitrogen and oxygen atoms in total. The van der Waals surface area contributed by atoms with Crippen LogP contribution in [-0.2, 0) is 11.3 Å². The molecule has 0 fully saturated rings. The summed E-state index contributed by atoms with van der Waals surface area (Å²) in [6.07, 6.45) is 1.41. The minimum atomic E-state index is -0.896. The quantitative estimate of drug-likeness (QED) is 0.873. The molecule has 6 heteroatoms. The Hall–Kier alpha value is -2.24. The number of carboxylic acid groups (broad SMARTS) is 1. The molecule has 0 atom stereocenters. The molecular weight excluding hydrogens is 225 g/mol. The molecule has 0 spiro atoms. The van der Waals surface area contributed by atoms with Gasteiger partial charge in [-0.15, -0.1) is 0 Å². The minimum absolute atomic E-state index is 0.0219. The standard InChI is InChI=1S/C11H10FN3O2/c12-9-3-1-2-8(6-9)11-13-7-15(14-11)5-4-10(16)17/h1-3,6-7H,4-5H2,(H,16,17). The third kappa shape index (κ3) is 2.87.